The first-order valence-corrected chi connectivity index (χ1v) is 10.2. The molecule has 9 heteroatoms. The molecule has 2 aromatic rings. The molecule has 0 saturated heterocycles. The minimum absolute atomic E-state index is 0.0911. The standard InChI is InChI=1S/C18H24N4O4S/c1-5-22(6-2)27(24,25)14-7-8-16-15(11-14)20-17(21(16)4)9-10-18(23)26-13(3)12-19/h7-8,11,13H,5-6,9-10H2,1-4H3/t13-/m1/s1. The zero-order valence-corrected chi connectivity index (χ0v) is 16.8. The quantitative estimate of drug-likeness (QED) is 0.636. The molecule has 0 spiro atoms. The highest BCUT2D eigenvalue weighted by atomic mass is 32.2. The van der Waals surface area contributed by atoms with Crippen molar-refractivity contribution >= 4 is 27.0 Å². The normalized spacial score (nSPS) is 12.9. The van der Waals surface area contributed by atoms with E-state index in [2.05, 4.69) is 4.98 Å². The SMILES string of the molecule is CCN(CC)S(=O)(=O)c1ccc2c(c1)nc(CCC(=O)O[C@H](C)C#N)n2C. The number of aromatic nitrogens is 2. The van der Waals surface area contributed by atoms with Gasteiger partial charge in [0.05, 0.1) is 22.3 Å². The van der Waals surface area contributed by atoms with E-state index in [1.165, 1.54) is 11.2 Å². The van der Waals surface area contributed by atoms with Crippen LogP contribution in [0.5, 0.6) is 0 Å². The van der Waals surface area contributed by atoms with Gasteiger partial charge in [-0.05, 0) is 25.1 Å². The molecule has 0 aliphatic carbocycles. The Balaban J connectivity index is 2.26. The molecule has 0 radical (unpaired) electrons. The molecular formula is C18H24N4O4S. The molecule has 0 bridgehead atoms. The fourth-order valence-corrected chi connectivity index (χ4v) is 4.30. The predicted octanol–water partition coefficient (Wildman–Crippen LogP) is 1.99. The van der Waals surface area contributed by atoms with E-state index >= 15 is 0 Å². The summed E-state index contributed by atoms with van der Waals surface area (Å²) in [6.07, 6.45) is -0.362. The Morgan fingerprint density at radius 3 is 2.63 bits per heavy atom. The van der Waals surface area contributed by atoms with Crippen LogP contribution in [0.1, 0.15) is 33.0 Å². The summed E-state index contributed by atoms with van der Waals surface area (Å²) in [6.45, 7) is 5.89. The lowest BCUT2D eigenvalue weighted by Gasteiger charge is -2.18. The number of imidazole rings is 1. The lowest BCUT2D eigenvalue weighted by molar-refractivity contribution is -0.145. The Kier molecular flexibility index (Phi) is 6.57. The van der Waals surface area contributed by atoms with E-state index in [0.717, 1.165) is 5.52 Å². The summed E-state index contributed by atoms with van der Waals surface area (Å²) < 4.78 is 33.5. The number of benzene rings is 1. The molecule has 27 heavy (non-hydrogen) atoms. The number of aryl methyl sites for hydroxylation is 2. The average molecular weight is 392 g/mol. The number of hydrogen-bond acceptors (Lipinski definition) is 6. The first-order chi connectivity index (χ1) is 12.7. The number of nitriles is 1. The molecule has 0 unspecified atom stereocenters. The number of carbonyl (C=O) groups excluding carboxylic acids is 1. The molecule has 0 aliphatic heterocycles. The fraction of sp³-hybridized carbons (Fsp3) is 0.500. The van der Waals surface area contributed by atoms with Crippen LogP contribution in [0.25, 0.3) is 11.0 Å². The van der Waals surface area contributed by atoms with Crippen molar-refractivity contribution in [3.05, 3.63) is 24.0 Å². The van der Waals surface area contributed by atoms with E-state index in [0.29, 0.717) is 30.9 Å². The first-order valence-electron chi connectivity index (χ1n) is 8.79. The molecule has 1 aromatic heterocycles. The first kappa shape index (κ1) is 20.9. The Morgan fingerprint density at radius 2 is 2.04 bits per heavy atom. The van der Waals surface area contributed by atoms with Crippen LogP contribution in [-0.4, -0.2) is 47.4 Å². The van der Waals surface area contributed by atoms with E-state index in [9.17, 15) is 13.2 Å². The van der Waals surface area contributed by atoms with Crippen molar-refractivity contribution < 1.29 is 17.9 Å². The average Bonchev–Trinajstić information content (AvgIpc) is 2.96. The number of nitrogens with zero attached hydrogens (tertiary/aromatic N) is 4. The van der Waals surface area contributed by atoms with Crippen LogP contribution >= 0.6 is 0 Å². The number of esters is 1. The third kappa shape index (κ3) is 4.46. The zero-order chi connectivity index (χ0) is 20.2. The van der Waals surface area contributed by atoms with Gasteiger partial charge in [-0.2, -0.15) is 9.57 Å². The monoisotopic (exact) mass is 392 g/mol. The molecule has 1 atom stereocenters. The second kappa shape index (κ2) is 8.50. The van der Waals surface area contributed by atoms with Gasteiger partial charge in [0.25, 0.3) is 0 Å². The van der Waals surface area contributed by atoms with Crippen LogP contribution in [0.15, 0.2) is 23.1 Å². The smallest absolute Gasteiger partial charge is 0.307 e. The topological polar surface area (TPSA) is 105 Å². The van der Waals surface area contributed by atoms with Crippen LogP contribution in [0.2, 0.25) is 0 Å². The van der Waals surface area contributed by atoms with Crippen molar-refractivity contribution in [3.63, 3.8) is 0 Å². The Bertz CT molecular complexity index is 971. The second-order valence-electron chi connectivity index (χ2n) is 6.09. The highest BCUT2D eigenvalue weighted by Crippen LogP contribution is 2.22. The van der Waals surface area contributed by atoms with Crippen molar-refractivity contribution in [1.82, 2.24) is 13.9 Å². The highest BCUT2D eigenvalue weighted by Gasteiger charge is 2.23. The molecule has 2 rings (SSSR count). The van der Waals surface area contributed by atoms with Gasteiger partial charge >= 0.3 is 5.97 Å². The number of fused-ring (bicyclic) bond motifs is 1. The van der Waals surface area contributed by atoms with Gasteiger partial charge in [-0.3, -0.25) is 4.79 Å². The summed E-state index contributed by atoms with van der Waals surface area (Å²) in [5.41, 5.74) is 1.33. The van der Waals surface area contributed by atoms with Gasteiger partial charge in [-0.15, -0.1) is 0 Å². The van der Waals surface area contributed by atoms with E-state index in [-0.39, 0.29) is 11.3 Å². The number of ether oxygens (including phenoxy) is 1. The number of hydrogen-bond donors (Lipinski definition) is 0. The second-order valence-corrected chi connectivity index (χ2v) is 8.03. The summed E-state index contributed by atoms with van der Waals surface area (Å²) in [7, 11) is -1.75. The summed E-state index contributed by atoms with van der Waals surface area (Å²) in [5, 5.41) is 8.68. The van der Waals surface area contributed by atoms with Crippen LogP contribution < -0.4 is 0 Å². The van der Waals surface area contributed by atoms with Crippen LogP contribution in [0.4, 0.5) is 0 Å². The van der Waals surface area contributed by atoms with E-state index in [1.807, 2.05) is 17.7 Å². The van der Waals surface area contributed by atoms with Gasteiger partial charge in [0.1, 0.15) is 11.9 Å². The third-order valence-electron chi connectivity index (χ3n) is 4.33. The van der Waals surface area contributed by atoms with Crippen LogP contribution in [0.3, 0.4) is 0 Å². The van der Waals surface area contributed by atoms with E-state index in [1.54, 1.807) is 32.0 Å². The summed E-state index contributed by atoms with van der Waals surface area (Å²) in [5.74, 6) is 0.171. The lowest BCUT2D eigenvalue weighted by Crippen LogP contribution is -2.30. The lowest BCUT2D eigenvalue weighted by atomic mass is 10.3. The summed E-state index contributed by atoms with van der Waals surface area (Å²) in [6, 6.07) is 6.69. The molecule has 8 nitrogen and oxygen atoms in total. The molecule has 1 heterocycles. The number of rotatable bonds is 8. The zero-order valence-electron chi connectivity index (χ0n) is 16.0. The Labute approximate surface area is 159 Å². The fourth-order valence-electron chi connectivity index (χ4n) is 2.82. The molecule has 0 saturated carbocycles. The minimum atomic E-state index is -3.56. The third-order valence-corrected chi connectivity index (χ3v) is 6.38. The molecule has 0 N–H and O–H groups in total. The molecule has 0 amide bonds. The summed E-state index contributed by atoms with van der Waals surface area (Å²) >= 11 is 0. The molecule has 146 valence electrons. The van der Waals surface area contributed by atoms with Crippen molar-refractivity contribution in [2.45, 2.75) is 44.6 Å². The van der Waals surface area contributed by atoms with Gasteiger partial charge in [-0.25, -0.2) is 13.4 Å². The maximum absolute atomic E-state index is 12.7. The number of carbonyl (C=O) groups is 1. The molecule has 1 aromatic carbocycles. The van der Waals surface area contributed by atoms with Gasteiger partial charge in [0.15, 0.2) is 6.10 Å². The Hall–Kier alpha value is -2.44. The molecule has 0 aliphatic rings. The van der Waals surface area contributed by atoms with Gasteiger partial charge < -0.3 is 9.30 Å². The van der Waals surface area contributed by atoms with Crippen LogP contribution in [0, 0.1) is 11.3 Å². The van der Waals surface area contributed by atoms with E-state index < -0.39 is 22.1 Å². The maximum Gasteiger partial charge on any atom is 0.307 e. The van der Waals surface area contributed by atoms with E-state index in [4.69, 9.17) is 10.00 Å². The maximum atomic E-state index is 12.7. The van der Waals surface area contributed by atoms with Crippen LogP contribution in [-0.2, 0) is 33.0 Å². The highest BCUT2D eigenvalue weighted by molar-refractivity contribution is 7.89. The van der Waals surface area contributed by atoms with Gasteiger partial charge in [0, 0.05) is 26.6 Å². The summed E-state index contributed by atoms with van der Waals surface area (Å²) in [4.78, 5) is 16.4. The van der Waals surface area contributed by atoms with Crippen molar-refractivity contribution in [2.75, 3.05) is 13.1 Å². The van der Waals surface area contributed by atoms with Gasteiger partial charge in [-0.1, -0.05) is 13.8 Å². The largest absolute Gasteiger partial charge is 0.447 e. The molecule has 0 fully saturated rings. The Morgan fingerprint density at radius 1 is 1.37 bits per heavy atom. The van der Waals surface area contributed by atoms with Crippen molar-refractivity contribution in [2.24, 2.45) is 7.05 Å². The molecular weight excluding hydrogens is 368 g/mol. The van der Waals surface area contributed by atoms with Gasteiger partial charge in [0.2, 0.25) is 10.0 Å². The van der Waals surface area contributed by atoms with Crippen molar-refractivity contribution in [1.29, 1.82) is 5.26 Å². The minimum Gasteiger partial charge on any atom is -0.447 e. The van der Waals surface area contributed by atoms with Crippen molar-refractivity contribution in [3.8, 4) is 6.07 Å². The number of sulfonamides is 1. The predicted molar refractivity (Wildman–Crippen MR) is 100 cm³/mol.